The van der Waals surface area contributed by atoms with E-state index in [2.05, 4.69) is 116 Å². The summed E-state index contributed by atoms with van der Waals surface area (Å²) in [5.41, 5.74) is 2.93. The second-order valence-corrected chi connectivity index (χ2v) is 34.6. The van der Waals surface area contributed by atoms with Crippen molar-refractivity contribution < 1.29 is 66.0 Å². The standard InChI is InChI=1S/C61H92N4O14Si2/c1-40-35-43-20-17-41(2)47(24-23-45(78-80(10,11)60(3,4)5)37-46(79-81(12,13)61(6,7)8)38-53(67)76-39-42-18-21-44(72-9)22-19-42)54(43)51(36-40)77-59(71)63-28-30-74-32-34-75-33-31-73-29-27-62-49-16-14-15-48-55(49)58(70)65(57(48)69)50-25-26-52(66)64-56(50)68/h14-22,35,40-41,45-47,50-51,54,62H,23-34,36-39H2,1-13H3,(H,63,71)(H,64,66,68)/t40-,41-,45+,46+,47-,50?,51-,54-/m0/s1. The molecule has 2 aromatic rings. The number of esters is 1. The van der Waals surface area contributed by atoms with Gasteiger partial charge in [0.1, 0.15) is 24.5 Å². The minimum absolute atomic E-state index is 0.00318. The maximum atomic E-state index is 13.7. The number of hydrogen-bond donors (Lipinski definition) is 3. The number of anilines is 1. The number of alkyl carbamates (subject to hydrolysis) is 1. The van der Waals surface area contributed by atoms with Gasteiger partial charge in [-0.2, -0.15) is 0 Å². The second-order valence-electron chi connectivity index (χ2n) is 25.1. The van der Waals surface area contributed by atoms with Crippen molar-refractivity contribution in [1.29, 1.82) is 0 Å². The molecule has 1 saturated heterocycles. The lowest BCUT2D eigenvalue weighted by molar-refractivity contribution is -0.147. The van der Waals surface area contributed by atoms with Gasteiger partial charge in [0.15, 0.2) is 16.6 Å². The minimum atomic E-state index is -2.34. The molecule has 2 aromatic carbocycles. The van der Waals surface area contributed by atoms with Crippen molar-refractivity contribution in [3.05, 3.63) is 83.0 Å². The quantitative estimate of drug-likeness (QED) is 0.0299. The highest BCUT2D eigenvalue weighted by Crippen LogP contribution is 2.47. The molecule has 81 heavy (non-hydrogen) atoms. The number of amides is 5. The second kappa shape index (κ2) is 28.8. The van der Waals surface area contributed by atoms with Crippen LogP contribution in [-0.2, 0) is 53.5 Å². The molecule has 0 saturated carbocycles. The van der Waals surface area contributed by atoms with Crippen molar-refractivity contribution in [3.63, 3.8) is 0 Å². The first kappa shape index (κ1) is 64.9. The molecule has 5 amide bonds. The highest BCUT2D eigenvalue weighted by Gasteiger charge is 2.47. The summed E-state index contributed by atoms with van der Waals surface area (Å²) in [7, 11) is -3.02. The van der Waals surface area contributed by atoms with E-state index in [1.165, 1.54) is 5.57 Å². The molecule has 1 fully saturated rings. The molecule has 448 valence electrons. The molecular weight excluding hydrogens is 1070 g/mol. The molecule has 18 nitrogen and oxygen atoms in total. The summed E-state index contributed by atoms with van der Waals surface area (Å²) in [5.74, 6) is -1.17. The predicted molar refractivity (Wildman–Crippen MR) is 315 cm³/mol. The summed E-state index contributed by atoms with van der Waals surface area (Å²) in [6, 6.07) is 11.4. The molecule has 0 bridgehead atoms. The lowest BCUT2D eigenvalue weighted by atomic mass is 9.65. The maximum Gasteiger partial charge on any atom is 0.407 e. The fraction of sp³-hybridized carbons (Fsp3) is 0.639. The Morgan fingerprint density at radius 1 is 0.802 bits per heavy atom. The highest BCUT2D eigenvalue weighted by molar-refractivity contribution is 6.74. The Balaban J connectivity index is 0.952. The first-order valence-electron chi connectivity index (χ1n) is 29.0. The smallest absolute Gasteiger partial charge is 0.407 e. The SMILES string of the molecule is COc1ccc(COC(=O)C[C@@H](C[C@@H](CC[C@@H]2[C@@H]3C(=C[C@H](C)C[C@@H]3OC(=O)NCCOCCOCCOCCNc3cccc4c3C(=O)N(C3CCC(=O)NC3=O)C4=O)C=C[C@@H]2C)O[Si](C)(C)C(C)(C)C)O[Si](C)(C)C(C)(C)C)cc1. The Kier molecular flexibility index (Phi) is 23.1. The van der Waals surface area contributed by atoms with Gasteiger partial charge >= 0.3 is 12.1 Å². The van der Waals surface area contributed by atoms with Crippen molar-refractivity contribution in [2.45, 2.75) is 168 Å². The molecule has 20 heteroatoms. The Morgan fingerprint density at radius 3 is 2.06 bits per heavy atom. The Hall–Kier alpha value is -5.23. The number of fused-ring (bicyclic) bond motifs is 2. The number of nitrogens with zero attached hydrogens (tertiary/aromatic N) is 1. The molecule has 1 unspecified atom stereocenters. The molecule has 0 aromatic heterocycles. The van der Waals surface area contributed by atoms with Crippen LogP contribution in [0.2, 0.25) is 36.3 Å². The van der Waals surface area contributed by atoms with Crippen LogP contribution in [0.1, 0.15) is 127 Å². The number of imide groups is 2. The van der Waals surface area contributed by atoms with Crippen LogP contribution in [-0.4, -0.2) is 141 Å². The van der Waals surface area contributed by atoms with Crippen molar-refractivity contribution in [2.75, 3.05) is 65.2 Å². The van der Waals surface area contributed by atoms with Crippen LogP contribution in [0.3, 0.4) is 0 Å². The maximum absolute atomic E-state index is 13.7. The molecule has 0 radical (unpaired) electrons. The van der Waals surface area contributed by atoms with Crippen LogP contribution in [0.4, 0.5) is 10.5 Å². The molecule has 0 spiro atoms. The van der Waals surface area contributed by atoms with Crippen LogP contribution < -0.4 is 20.7 Å². The lowest BCUT2D eigenvalue weighted by Crippen LogP contribution is -2.54. The topological polar surface area (TPSA) is 216 Å². The summed E-state index contributed by atoms with van der Waals surface area (Å²) in [6.07, 6.45) is 8.53. The van der Waals surface area contributed by atoms with Gasteiger partial charge in [-0.25, -0.2) is 4.79 Å². The molecule has 4 aliphatic rings. The van der Waals surface area contributed by atoms with Crippen LogP contribution >= 0.6 is 0 Å². The van der Waals surface area contributed by atoms with E-state index in [1.54, 1.807) is 25.3 Å². The number of benzene rings is 2. The molecule has 2 aliphatic carbocycles. The van der Waals surface area contributed by atoms with Crippen LogP contribution in [0.5, 0.6) is 5.75 Å². The number of rotatable bonds is 29. The van der Waals surface area contributed by atoms with Gasteiger partial charge in [0.05, 0.1) is 70.4 Å². The number of ether oxygens (including phenoxy) is 6. The van der Waals surface area contributed by atoms with Crippen LogP contribution in [0.15, 0.2) is 66.3 Å². The summed E-state index contributed by atoms with van der Waals surface area (Å²) in [4.78, 5) is 78.7. The van der Waals surface area contributed by atoms with Gasteiger partial charge < -0.3 is 47.9 Å². The number of nitrogens with one attached hydrogen (secondary N) is 3. The number of hydrogen-bond acceptors (Lipinski definition) is 15. The van der Waals surface area contributed by atoms with Gasteiger partial charge in [-0.3, -0.25) is 34.2 Å². The zero-order valence-corrected chi connectivity index (χ0v) is 52.4. The number of carbonyl (C=O) groups is 6. The molecular formula is C61H92N4O14Si2. The normalized spacial score (nSPS) is 22.1. The van der Waals surface area contributed by atoms with E-state index in [0.717, 1.165) is 29.1 Å². The van der Waals surface area contributed by atoms with Gasteiger partial charge in [-0.15, -0.1) is 0 Å². The molecule has 2 heterocycles. The first-order chi connectivity index (χ1) is 38.2. The third kappa shape index (κ3) is 17.9. The third-order valence-electron chi connectivity index (χ3n) is 17.0. The van der Waals surface area contributed by atoms with Gasteiger partial charge in [-0.05, 0) is 122 Å². The molecule has 3 N–H and O–H groups in total. The van der Waals surface area contributed by atoms with E-state index in [-0.39, 0.29) is 102 Å². The highest BCUT2D eigenvalue weighted by atomic mass is 28.4. The largest absolute Gasteiger partial charge is 0.497 e. The van der Waals surface area contributed by atoms with Gasteiger partial charge in [0, 0.05) is 37.2 Å². The third-order valence-corrected chi connectivity index (χ3v) is 26.0. The molecule has 6 rings (SSSR count). The molecule has 8 atom stereocenters. The average molecular weight is 1160 g/mol. The number of allylic oxidation sites excluding steroid dienone is 3. The van der Waals surface area contributed by atoms with Crippen molar-refractivity contribution in [1.82, 2.24) is 15.5 Å². The number of piperidine rings is 1. The number of carbonyl (C=O) groups excluding carboxylic acids is 6. The Morgan fingerprint density at radius 2 is 1.43 bits per heavy atom. The van der Waals surface area contributed by atoms with E-state index < -0.39 is 58.5 Å². The van der Waals surface area contributed by atoms with E-state index in [0.29, 0.717) is 58.1 Å². The predicted octanol–water partition coefficient (Wildman–Crippen LogP) is 10.1. The van der Waals surface area contributed by atoms with E-state index in [1.807, 2.05) is 24.3 Å². The van der Waals surface area contributed by atoms with E-state index in [9.17, 15) is 28.8 Å². The van der Waals surface area contributed by atoms with E-state index >= 15 is 0 Å². The zero-order valence-electron chi connectivity index (χ0n) is 50.4. The summed E-state index contributed by atoms with van der Waals surface area (Å²) >= 11 is 0. The Labute approximate surface area is 482 Å². The van der Waals surface area contributed by atoms with Crippen LogP contribution in [0.25, 0.3) is 0 Å². The molecule has 2 aliphatic heterocycles. The minimum Gasteiger partial charge on any atom is -0.497 e. The first-order valence-corrected chi connectivity index (χ1v) is 34.8. The average Bonchev–Trinajstić information content (AvgIpc) is 3.68. The van der Waals surface area contributed by atoms with Crippen molar-refractivity contribution in [2.24, 2.45) is 23.7 Å². The summed E-state index contributed by atoms with van der Waals surface area (Å²) in [5, 5.41) is 8.14. The van der Waals surface area contributed by atoms with Gasteiger partial charge in [-0.1, -0.05) is 91.8 Å². The van der Waals surface area contributed by atoms with Gasteiger partial charge in [0.25, 0.3) is 11.8 Å². The monoisotopic (exact) mass is 1160 g/mol. The zero-order chi connectivity index (χ0) is 59.3. The fourth-order valence-corrected chi connectivity index (χ4v) is 13.2. The Bertz CT molecular complexity index is 2560. The van der Waals surface area contributed by atoms with Gasteiger partial charge in [0.2, 0.25) is 11.8 Å². The summed E-state index contributed by atoms with van der Waals surface area (Å²) < 4.78 is 49.1. The van der Waals surface area contributed by atoms with Crippen molar-refractivity contribution >= 4 is 58.0 Å². The lowest BCUT2D eigenvalue weighted by Gasteiger charge is -2.45. The van der Waals surface area contributed by atoms with Crippen molar-refractivity contribution in [3.8, 4) is 5.75 Å². The fourth-order valence-electron chi connectivity index (χ4n) is 10.5. The number of methoxy groups -OCH3 is 1. The van der Waals surface area contributed by atoms with E-state index in [4.69, 9.17) is 37.3 Å². The summed E-state index contributed by atoms with van der Waals surface area (Å²) in [6.45, 7) is 29.5. The van der Waals surface area contributed by atoms with Crippen LogP contribution in [0, 0.1) is 23.7 Å².